The summed E-state index contributed by atoms with van der Waals surface area (Å²) in [6.07, 6.45) is 0. The summed E-state index contributed by atoms with van der Waals surface area (Å²) < 4.78 is 55.9. The van der Waals surface area contributed by atoms with E-state index in [0.717, 1.165) is 12.1 Å². The molecule has 26 heavy (non-hydrogen) atoms. The second kappa shape index (κ2) is 8.66. The molecule has 1 unspecified atom stereocenters. The number of anilines is 1. The summed E-state index contributed by atoms with van der Waals surface area (Å²) in [5.74, 6) is -2.04. The Balaban J connectivity index is 2.05. The Morgan fingerprint density at radius 1 is 1.19 bits per heavy atom. The minimum absolute atomic E-state index is 0.0654. The van der Waals surface area contributed by atoms with Crippen molar-refractivity contribution in [3.05, 3.63) is 59.7 Å². The van der Waals surface area contributed by atoms with Gasteiger partial charge in [-0.3, -0.25) is 9.69 Å². The first-order chi connectivity index (χ1) is 12.3. The lowest BCUT2D eigenvalue weighted by atomic mass is 10.1. The minimum atomic E-state index is -3.02. The third-order valence-electron chi connectivity index (χ3n) is 3.84. The number of benzene rings is 2. The third-order valence-corrected chi connectivity index (χ3v) is 3.84. The number of amides is 1. The summed E-state index contributed by atoms with van der Waals surface area (Å²) >= 11 is 0. The van der Waals surface area contributed by atoms with E-state index in [1.54, 1.807) is 24.9 Å². The first kappa shape index (κ1) is 19.7. The van der Waals surface area contributed by atoms with Crippen LogP contribution in [0.1, 0.15) is 12.5 Å². The summed E-state index contributed by atoms with van der Waals surface area (Å²) in [4.78, 5) is 13.9. The molecule has 140 valence electrons. The van der Waals surface area contributed by atoms with Crippen molar-refractivity contribution in [3.63, 3.8) is 0 Å². The van der Waals surface area contributed by atoms with Crippen LogP contribution in [0, 0.1) is 11.6 Å². The normalized spacial score (nSPS) is 12.3. The molecule has 0 saturated carbocycles. The predicted octanol–water partition coefficient (Wildman–Crippen LogP) is 4.03. The Labute approximate surface area is 148 Å². The summed E-state index contributed by atoms with van der Waals surface area (Å²) in [7, 11) is 1.59. The molecule has 0 aromatic heterocycles. The Kier molecular flexibility index (Phi) is 6.57. The number of hydrogen-bond donors (Lipinski definition) is 1. The number of para-hydroxylation sites is 2. The van der Waals surface area contributed by atoms with E-state index in [9.17, 15) is 22.4 Å². The van der Waals surface area contributed by atoms with Crippen LogP contribution in [0.4, 0.5) is 23.2 Å². The zero-order valence-corrected chi connectivity index (χ0v) is 14.2. The number of halogens is 4. The standard InChI is InChI=1S/C18H18F4N2O2/c1-11(24(2)10-12-7-8-13(19)9-14(12)20)17(25)23-15-5-3-4-6-16(15)26-18(21)22/h3-9,11,18H,10H2,1-2H3,(H,23,25). The molecule has 0 spiro atoms. The van der Waals surface area contributed by atoms with Gasteiger partial charge in [-0.25, -0.2) is 8.78 Å². The highest BCUT2D eigenvalue weighted by Crippen LogP contribution is 2.26. The number of nitrogens with zero attached hydrogens (tertiary/aromatic N) is 1. The van der Waals surface area contributed by atoms with Crippen LogP contribution in [-0.2, 0) is 11.3 Å². The SMILES string of the molecule is CC(C(=O)Nc1ccccc1OC(F)F)N(C)Cc1ccc(F)cc1F. The largest absolute Gasteiger partial charge is 0.433 e. The molecule has 1 atom stereocenters. The van der Waals surface area contributed by atoms with E-state index in [-0.39, 0.29) is 23.5 Å². The lowest BCUT2D eigenvalue weighted by Crippen LogP contribution is -2.39. The molecule has 4 nitrogen and oxygen atoms in total. The maximum absolute atomic E-state index is 13.7. The molecule has 0 fully saturated rings. The number of hydrogen-bond acceptors (Lipinski definition) is 3. The van der Waals surface area contributed by atoms with Crippen molar-refractivity contribution < 1.29 is 27.1 Å². The lowest BCUT2D eigenvalue weighted by Gasteiger charge is -2.24. The highest BCUT2D eigenvalue weighted by molar-refractivity contribution is 5.95. The zero-order valence-electron chi connectivity index (χ0n) is 14.2. The van der Waals surface area contributed by atoms with Gasteiger partial charge in [-0.1, -0.05) is 18.2 Å². The van der Waals surface area contributed by atoms with E-state index >= 15 is 0 Å². The first-order valence-corrected chi connectivity index (χ1v) is 7.76. The Hall–Kier alpha value is -2.61. The van der Waals surface area contributed by atoms with Crippen LogP contribution in [0.2, 0.25) is 0 Å². The molecule has 2 aromatic carbocycles. The van der Waals surface area contributed by atoms with Crippen molar-refractivity contribution in [2.45, 2.75) is 26.1 Å². The molecule has 0 bridgehead atoms. The predicted molar refractivity (Wildman–Crippen MR) is 89.0 cm³/mol. The summed E-state index contributed by atoms with van der Waals surface area (Å²) in [5, 5.41) is 2.51. The van der Waals surface area contributed by atoms with Crippen molar-refractivity contribution in [2.24, 2.45) is 0 Å². The summed E-state index contributed by atoms with van der Waals surface area (Å²) in [6.45, 7) is -1.38. The fraction of sp³-hybridized carbons (Fsp3) is 0.278. The molecule has 8 heteroatoms. The fourth-order valence-electron chi connectivity index (χ4n) is 2.26. The fourth-order valence-corrected chi connectivity index (χ4v) is 2.26. The third kappa shape index (κ3) is 5.19. The second-order valence-electron chi connectivity index (χ2n) is 5.69. The van der Waals surface area contributed by atoms with Crippen LogP contribution in [-0.4, -0.2) is 30.5 Å². The van der Waals surface area contributed by atoms with Gasteiger partial charge in [0.2, 0.25) is 5.91 Å². The summed E-state index contributed by atoms with van der Waals surface area (Å²) in [5.41, 5.74) is 0.334. The van der Waals surface area contributed by atoms with Crippen LogP contribution >= 0.6 is 0 Å². The van der Waals surface area contributed by atoms with Gasteiger partial charge >= 0.3 is 6.61 Å². The van der Waals surface area contributed by atoms with E-state index in [0.29, 0.717) is 0 Å². The average Bonchev–Trinajstić information content (AvgIpc) is 2.57. The molecule has 2 rings (SSSR count). The van der Waals surface area contributed by atoms with Crippen LogP contribution in [0.3, 0.4) is 0 Å². The maximum Gasteiger partial charge on any atom is 0.387 e. The topological polar surface area (TPSA) is 41.6 Å². The average molecular weight is 370 g/mol. The smallest absolute Gasteiger partial charge is 0.387 e. The maximum atomic E-state index is 13.7. The van der Waals surface area contributed by atoms with Crippen molar-refractivity contribution in [1.29, 1.82) is 0 Å². The Morgan fingerprint density at radius 2 is 1.88 bits per heavy atom. The number of carbonyl (C=O) groups excluding carboxylic acids is 1. The zero-order chi connectivity index (χ0) is 19.3. The quantitative estimate of drug-likeness (QED) is 0.749. The number of ether oxygens (including phenoxy) is 1. The van der Waals surface area contributed by atoms with Crippen LogP contribution < -0.4 is 10.1 Å². The van der Waals surface area contributed by atoms with Gasteiger partial charge in [0.15, 0.2) is 0 Å². The molecule has 0 heterocycles. The molecule has 0 radical (unpaired) electrons. The van der Waals surface area contributed by atoms with Crippen LogP contribution in [0.25, 0.3) is 0 Å². The van der Waals surface area contributed by atoms with Gasteiger partial charge < -0.3 is 10.1 Å². The molecule has 0 saturated heterocycles. The molecule has 0 aliphatic heterocycles. The monoisotopic (exact) mass is 370 g/mol. The van der Waals surface area contributed by atoms with Crippen molar-refractivity contribution in [3.8, 4) is 5.75 Å². The molecule has 2 aromatic rings. The van der Waals surface area contributed by atoms with Gasteiger partial charge in [0.25, 0.3) is 0 Å². The van der Waals surface area contributed by atoms with E-state index in [4.69, 9.17) is 0 Å². The van der Waals surface area contributed by atoms with Crippen molar-refractivity contribution in [1.82, 2.24) is 4.90 Å². The number of nitrogens with one attached hydrogen (secondary N) is 1. The lowest BCUT2D eigenvalue weighted by molar-refractivity contribution is -0.120. The number of alkyl halides is 2. The highest BCUT2D eigenvalue weighted by Gasteiger charge is 2.21. The highest BCUT2D eigenvalue weighted by atomic mass is 19.3. The van der Waals surface area contributed by atoms with Gasteiger partial charge in [-0.15, -0.1) is 0 Å². The molecule has 1 amide bonds. The number of rotatable bonds is 7. The van der Waals surface area contributed by atoms with Crippen LogP contribution in [0.15, 0.2) is 42.5 Å². The Bertz CT molecular complexity index is 771. The molecule has 1 N–H and O–H groups in total. The van der Waals surface area contributed by atoms with Gasteiger partial charge in [0, 0.05) is 18.2 Å². The van der Waals surface area contributed by atoms with E-state index in [2.05, 4.69) is 10.1 Å². The minimum Gasteiger partial charge on any atom is -0.433 e. The van der Waals surface area contributed by atoms with Crippen molar-refractivity contribution in [2.75, 3.05) is 12.4 Å². The molecular formula is C18H18F4N2O2. The van der Waals surface area contributed by atoms with Crippen LogP contribution in [0.5, 0.6) is 5.75 Å². The molecule has 0 aliphatic rings. The van der Waals surface area contributed by atoms with Crippen molar-refractivity contribution >= 4 is 11.6 Å². The Morgan fingerprint density at radius 3 is 2.54 bits per heavy atom. The van der Waals surface area contributed by atoms with E-state index < -0.39 is 30.2 Å². The van der Waals surface area contributed by atoms with E-state index in [1.807, 2.05) is 0 Å². The van der Waals surface area contributed by atoms with Gasteiger partial charge in [-0.05, 0) is 32.2 Å². The van der Waals surface area contributed by atoms with Gasteiger partial charge in [0.1, 0.15) is 17.4 Å². The number of likely N-dealkylation sites (N-methyl/N-ethyl adjacent to an activating group) is 1. The number of carbonyl (C=O) groups is 1. The first-order valence-electron chi connectivity index (χ1n) is 7.76. The second-order valence-corrected chi connectivity index (χ2v) is 5.69. The molecular weight excluding hydrogens is 352 g/mol. The molecule has 0 aliphatic carbocycles. The summed E-state index contributed by atoms with van der Waals surface area (Å²) in [6, 6.07) is 8.31. The van der Waals surface area contributed by atoms with Gasteiger partial charge in [-0.2, -0.15) is 8.78 Å². The van der Waals surface area contributed by atoms with Gasteiger partial charge in [0.05, 0.1) is 11.7 Å². The van der Waals surface area contributed by atoms with E-state index in [1.165, 1.54) is 24.3 Å².